The first-order valence-electron chi connectivity index (χ1n) is 17.7. The van der Waals surface area contributed by atoms with E-state index in [0.717, 1.165) is 22.8 Å². The van der Waals surface area contributed by atoms with Crippen molar-refractivity contribution in [2.45, 2.75) is 109 Å². The lowest BCUT2D eigenvalue weighted by atomic mass is 9.90. The number of benzene rings is 2. The van der Waals surface area contributed by atoms with Crippen LogP contribution in [-0.2, 0) is 44.6 Å². The molecule has 2 fully saturated rings. The Hall–Kier alpha value is -3.94. The molecule has 2 aliphatic rings. The number of hydrogen-bond donors (Lipinski definition) is 3. The molecular formula is C37H53N3O10. The number of ether oxygens (including phenoxy) is 6. The van der Waals surface area contributed by atoms with E-state index in [4.69, 9.17) is 28.4 Å². The van der Waals surface area contributed by atoms with Gasteiger partial charge in [0.15, 0.2) is 5.79 Å². The van der Waals surface area contributed by atoms with Gasteiger partial charge >= 0.3 is 18.2 Å². The number of nitrogens with one attached hydrogen (secondary N) is 3. The van der Waals surface area contributed by atoms with E-state index in [2.05, 4.69) is 16.0 Å². The Morgan fingerprint density at radius 3 is 2.54 bits per heavy atom. The van der Waals surface area contributed by atoms with Crippen LogP contribution in [0.15, 0.2) is 42.5 Å². The average molecular weight is 700 g/mol. The second-order valence-corrected chi connectivity index (χ2v) is 13.3. The van der Waals surface area contributed by atoms with Gasteiger partial charge in [-0.15, -0.1) is 0 Å². The minimum atomic E-state index is -1.09. The van der Waals surface area contributed by atoms with Crippen molar-refractivity contribution in [2.24, 2.45) is 5.92 Å². The summed E-state index contributed by atoms with van der Waals surface area (Å²) in [5.74, 6) is -1.67. The molecule has 5 atom stereocenters. The summed E-state index contributed by atoms with van der Waals surface area (Å²) >= 11 is 0. The number of fused-ring (bicyclic) bond motifs is 1. The molecule has 0 saturated carbocycles. The smallest absolute Gasteiger partial charge is 0.407 e. The lowest BCUT2D eigenvalue weighted by Gasteiger charge is -2.47. The summed E-state index contributed by atoms with van der Waals surface area (Å²) in [7, 11) is 1.55. The monoisotopic (exact) mass is 699 g/mol. The zero-order valence-corrected chi connectivity index (χ0v) is 29.7. The van der Waals surface area contributed by atoms with Crippen LogP contribution in [0.1, 0.15) is 77.7 Å². The third-order valence-electron chi connectivity index (χ3n) is 8.77. The predicted octanol–water partition coefficient (Wildman–Crippen LogP) is 5.13. The summed E-state index contributed by atoms with van der Waals surface area (Å²) in [6.45, 7) is 6.91. The SMILES string of the molecule is CCOC(=O)[C@H](CC(C)C)NC(=O)CCC1CC(OC(=O)NCc2cccc3ccccc23)CC2(CCCC(COC(=O)NCCOC)O2)O1. The van der Waals surface area contributed by atoms with E-state index < -0.39 is 48.3 Å². The minimum Gasteiger partial charge on any atom is -0.464 e. The fourth-order valence-corrected chi connectivity index (χ4v) is 6.53. The minimum absolute atomic E-state index is 0.0269. The van der Waals surface area contributed by atoms with E-state index in [0.29, 0.717) is 51.8 Å². The molecular weight excluding hydrogens is 646 g/mol. The van der Waals surface area contributed by atoms with E-state index in [-0.39, 0.29) is 37.9 Å². The molecule has 3 amide bonds. The molecule has 50 heavy (non-hydrogen) atoms. The third-order valence-corrected chi connectivity index (χ3v) is 8.77. The maximum absolute atomic E-state index is 13.1. The van der Waals surface area contributed by atoms with Crippen LogP contribution in [0.4, 0.5) is 9.59 Å². The summed E-state index contributed by atoms with van der Waals surface area (Å²) in [6, 6.07) is 13.2. The van der Waals surface area contributed by atoms with Gasteiger partial charge in [-0.25, -0.2) is 14.4 Å². The van der Waals surface area contributed by atoms with Gasteiger partial charge in [0.05, 0.1) is 25.4 Å². The highest BCUT2D eigenvalue weighted by molar-refractivity contribution is 5.86. The van der Waals surface area contributed by atoms with Crippen LogP contribution in [0.2, 0.25) is 0 Å². The molecule has 13 nitrogen and oxygen atoms in total. The van der Waals surface area contributed by atoms with Crippen molar-refractivity contribution >= 4 is 34.8 Å². The molecule has 1 spiro atoms. The number of methoxy groups -OCH3 is 1. The van der Waals surface area contributed by atoms with E-state index in [9.17, 15) is 19.2 Å². The standard InChI is InChI=1S/C37H53N3O10/c1-5-46-34(42)32(20-25(2)3)40-33(41)16-15-28-21-30(48-36(44)39-23-27-12-8-11-26-10-6-7-14-31(26)27)22-37(49-28)17-9-13-29(50-37)24-47-35(43)38-18-19-45-4/h6-8,10-12,14,25,28-30,32H,5,9,13,15-24H2,1-4H3,(H,38,43)(H,39,44)(H,40,41)/t28?,29?,30?,32-,37?/m0/s1. The van der Waals surface area contributed by atoms with Crippen LogP contribution >= 0.6 is 0 Å². The number of carbonyl (C=O) groups is 4. The molecule has 2 aromatic carbocycles. The van der Waals surface area contributed by atoms with Crippen LogP contribution in [-0.4, -0.2) is 87.7 Å². The molecule has 0 aliphatic carbocycles. The van der Waals surface area contributed by atoms with Crippen molar-refractivity contribution < 1.29 is 47.6 Å². The summed E-state index contributed by atoms with van der Waals surface area (Å²) in [6.07, 6.45) is 0.842. The Morgan fingerprint density at radius 1 is 0.980 bits per heavy atom. The number of hydrogen-bond acceptors (Lipinski definition) is 10. The number of carbonyl (C=O) groups excluding carboxylic acids is 4. The Morgan fingerprint density at radius 2 is 1.76 bits per heavy atom. The quantitative estimate of drug-likeness (QED) is 0.122. The van der Waals surface area contributed by atoms with Crippen molar-refractivity contribution in [2.75, 3.05) is 33.5 Å². The average Bonchev–Trinajstić information content (AvgIpc) is 3.08. The second-order valence-electron chi connectivity index (χ2n) is 13.3. The Labute approximate surface area is 294 Å². The zero-order chi connectivity index (χ0) is 35.9. The fourth-order valence-electron chi connectivity index (χ4n) is 6.53. The topological polar surface area (TPSA) is 160 Å². The van der Waals surface area contributed by atoms with Gasteiger partial charge < -0.3 is 44.4 Å². The maximum Gasteiger partial charge on any atom is 0.407 e. The van der Waals surface area contributed by atoms with Gasteiger partial charge in [-0.05, 0) is 54.9 Å². The molecule has 2 aliphatic heterocycles. The highest BCUT2D eigenvalue weighted by Gasteiger charge is 2.47. The van der Waals surface area contributed by atoms with Gasteiger partial charge in [-0.1, -0.05) is 56.3 Å². The van der Waals surface area contributed by atoms with Crippen LogP contribution in [0, 0.1) is 5.92 Å². The van der Waals surface area contributed by atoms with Crippen LogP contribution in [0.3, 0.4) is 0 Å². The predicted molar refractivity (Wildman–Crippen MR) is 185 cm³/mol. The van der Waals surface area contributed by atoms with Crippen molar-refractivity contribution in [1.29, 1.82) is 0 Å². The maximum atomic E-state index is 13.1. The lowest BCUT2D eigenvalue weighted by Crippen LogP contribution is -2.54. The molecule has 0 radical (unpaired) electrons. The van der Waals surface area contributed by atoms with Crippen LogP contribution < -0.4 is 16.0 Å². The molecule has 0 bridgehead atoms. The number of esters is 1. The first-order chi connectivity index (χ1) is 24.1. The molecule has 2 aromatic rings. The second kappa shape index (κ2) is 19.5. The summed E-state index contributed by atoms with van der Waals surface area (Å²) < 4.78 is 34.5. The van der Waals surface area contributed by atoms with Crippen molar-refractivity contribution in [3.63, 3.8) is 0 Å². The Balaban J connectivity index is 1.40. The number of rotatable bonds is 16. The van der Waals surface area contributed by atoms with Gasteiger partial charge in [0.2, 0.25) is 5.91 Å². The van der Waals surface area contributed by atoms with Gasteiger partial charge in [-0.3, -0.25) is 4.79 Å². The van der Waals surface area contributed by atoms with E-state index in [1.165, 1.54) is 0 Å². The normalized spacial score (nSPS) is 22.5. The van der Waals surface area contributed by atoms with Gasteiger partial charge in [0, 0.05) is 45.9 Å². The van der Waals surface area contributed by atoms with Gasteiger partial charge in [-0.2, -0.15) is 0 Å². The van der Waals surface area contributed by atoms with Crippen molar-refractivity contribution in [3.05, 3.63) is 48.0 Å². The van der Waals surface area contributed by atoms with Gasteiger partial charge in [0.1, 0.15) is 18.8 Å². The highest BCUT2D eigenvalue weighted by atomic mass is 16.7. The molecule has 13 heteroatoms. The van der Waals surface area contributed by atoms with E-state index in [1.54, 1.807) is 14.0 Å². The molecule has 4 rings (SSSR count). The first kappa shape index (κ1) is 38.9. The van der Waals surface area contributed by atoms with E-state index >= 15 is 0 Å². The van der Waals surface area contributed by atoms with E-state index in [1.807, 2.05) is 56.3 Å². The molecule has 0 aromatic heterocycles. The Bertz CT molecular complexity index is 1420. The first-order valence-corrected chi connectivity index (χ1v) is 17.7. The third kappa shape index (κ3) is 12.1. The zero-order valence-electron chi connectivity index (χ0n) is 29.7. The summed E-state index contributed by atoms with van der Waals surface area (Å²) in [4.78, 5) is 50.8. The van der Waals surface area contributed by atoms with Crippen molar-refractivity contribution in [1.82, 2.24) is 16.0 Å². The van der Waals surface area contributed by atoms with Crippen molar-refractivity contribution in [3.8, 4) is 0 Å². The molecule has 2 heterocycles. The lowest BCUT2D eigenvalue weighted by molar-refractivity contribution is -0.329. The number of alkyl carbamates (subject to hydrolysis) is 2. The van der Waals surface area contributed by atoms with Crippen LogP contribution in [0.25, 0.3) is 10.8 Å². The largest absolute Gasteiger partial charge is 0.464 e. The number of amides is 3. The highest BCUT2D eigenvalue weighted by Crippen LogP contribution is 2.41. The molecule has 276 valence electrons. The Kier molecular flexibility index (Phi) is 15.1. The molecule has 2 saturated heterocycles. The summed E-state index contributed by atoms with van der Waals surface area (Å²) in [5, 5.41) is 10.5. The summed E-state index contributed by atoms with van der Waals surface area (Å²) in [5.41, 5.74) is 0.968. The molecule has 4 unspecified atom stereocenters. The fraction of sp³-hybridized carbons (Fsp3) is 0.622. The molecule has 3 N–H and O–H groups in total. The van der Waals surface area contributed by atoms with Crippen LogP contribution in [0.5, 0.6) is 0 Å². The van der Waals surface area contributed by atoms with Gasteiger partial charge in [0.25, 0.3) is 0 Å².